The highest BCUT2D eigenvalue weighted by molar-refractivity contribution is 4.82. The van der Waals surface area contributed by atoms with Gasteiger partial charge >= 0.3 is 0 Å². The third kappa shape index (κ3) is 2.17. The number of aliphatic hydroxyl groups excluding tert-OH is 1. The van der Waals surface area contributed by atoms with Crippen LogP contribution < -0.4 is 0 Å². The van der Waals surface area contributed by atoms with Crippen molar-refractivity contribution in [2.45, 2.75) is 45.3 Å². The highest BCUT2D eigenvalue weighted by Crippen LogP contribution is 2.17. The van der Waals surface area contributed by atoms with E-state index in [0.717, 1.165) is 19.5 Å². The first-order valence-electron chi connectivity index (χ1n) is 4.67. The summed E-state index contributed by atoms with van der Waals surface area (Å²) in [5, 5.41) is 9.43. The van der Waals surface area contributed by atoms with Gasteiger partial charge in [0.15, 0.2) is 0 Å². The summed E-state index contributed by atoms with van der Waals surface area (Å²) in [4.78, 5) is 2.38. The van der Waals surface area contributed by atoms with Gasteiger partial charge in [-0.1, -0.05) is 13.3 Å². The molecule has 0 aromatic carbocycles. The third-order valence-electron chi connectivity index (χ3n) is 2.64. The van der Waals surface area contributed by atoms with Crippen molar-refractivity contribution in [3.05, 3.63) is 0 Å². The summed E-state index contributed by atoms with van der Waals surface area (Å²) in [6, 6.07) is 0.390. The Hall–Kier alpha value is -0.0800. The van der Waals surface area contributed by atoms with Crippen molar-refractivity contribution in [2.24, 2.45) is 0 Å². The Bertz CT molecular complexity index is 116. The van der Waals surface area contributed by atoms with Crippen LogP contribution in [0.5, 0.6) is 0 Å². The second-order valence-electron chi connectivity index (χ2n) is 3.49. The van der Waals surface area contributed by atoms with Gasteiger partial charge in [-0.25, -0.2) is 0 Å². The zero-order chi connectivity index (χ0) is 8.27. The predicted octanol–water partition coefficient (Wildman–Crippen LogP) is 1.24. The van der Waals surface area contributed by atoms with Gasteiger partial charge in [-0.05, 0) is 26.3 Å². The van der Waals surface area contributed by atoms with E-state index in [2.05, 4.69) is 18.7 Å². The number of likely N-dealkylation sites (tertiary alicyclic amines) is 1. The standard InChI is InChI=1S/C9H19NO/c1-3-4-6-10-7-5-9(11)8(10)2/h8-9,11H,3-7H2,1-2H3/t8-,9+/m0/s1. The molecule has 1 heterocycles. The van der Waals surface area contributed by atoms with Crippen LogP contribution in [0.15, 0.2) is 0 Å². The molecule has 11 heavy (non-hydrogen) atoms. The fourth-order valence-corrected chi connectivity index (χ4v) is 1.66. The number of hydrogen-bond acceptors (Lipinski definition) is 2. The van der Waals surface area contributed by atoms with Gasteiger partial charge in [-0.3, -0.25) is 4.90 Å². The Morgan fingerprint density at radius 2 is 2.27 bits per heavy atom. The molecule has 0 aliphatic carbocycles. The monoisotopic (exact) mass is 157 g/mol. The zero-order valence-electron chi connectivity index (χ0n) is 7.58. The molecule has 2 heteroatoms. The van der Waals surface area contributed by atoms with E-state index in [0.29, 0.717) is 6.04 Å². The van der Waals surface area contributed by atoms with Gasteiger partial charge in [0, 0.05) is 12.6 Å². The highest BCUT2D eigenvalue weighted by Gasteiger charge is 2.27. The van der Waals surface area contributed by atoms with Crippen LogP contribution in [-0.2, 0) is 0 Å². The van der Waals surface area contributed by atoms with Crippen LogP contribution in [0.4, 0.5) is 0 Å². The van der Waals surface area contributed by atoms with E-state index < -0.39 is 0 Å². The number of unbranched alkanes of at least 4 members (excludes halogenated alkanes) is 1. The van der Waals surface area contributed by atoms with E-state index in [1.54, 1.807) is 0 Å². The first-order valence-corrected chi connectivity index (χ1v) is 4.67. The van der Waals surface area contributed by atoms with Crippen molar-refractivity contribution in [1.29, 1.82) is 0 Å². The molecule has 0 aromatic rings. The van der Waals surface area contributed by atoms with Crippen molar-refractivity contribution in [3.8, 4) is 0 Å². The first kappa shape index (κ1) is 9.01. The molecule has 1 saturated heterocycles. The van der Waals surface area contributed by atoms with Gasteiger partial charge in [0.05, 0.1) is 6.10 Å². The minimum Gasteiger partial charge on any atom is -0.391 e. The molecule has 2 atom stereocenters. The maximum Gasteiger partial charge on any atom is 0.0704 e. The quantitative estimate of drug-likeness (QED) is 0.666. The molecule has 0 bridgehead atoms. The largest absolute Gasteiger partial charge is 0.391 e. The smallest absolute Gasteiger partial charge is 0.0704 e. The SMILES string of the molecule is CCCCN1CC[C@@H](O)[C@@H]1C. The van der Waals surface area contributed by atoms with Crippen molar-refractivity contribution in [3.63, 3.8) is 0 Å². The molecule has 66 valence electrons. The van der Waals surface area contributed by atoms with Crippen LogP contribution in [0.2, 0.25) is 0 Å². The molecular formula is C9H19NO. The van der Waals surface area contributed by atoms with Crippen LogP contribution in [-0.4, -0.2) is 35.2 Å². The summed E-state index contributed by atoms with van der Waals surface area (Å²) in [6.45, 7) is 6.57. The second-order valence-corrected chi connectivity index (χ2v) is 3.49. The van der Waals surface area contributed by atoms with Gasteiger partial charge < -0.3 is 5.11 Å². The lowest BCUT2D eigenvalue weighted by Gasteiger charge is -2.21. The van der Waals surface area contributed by atoms with Crippen molar-refractivity contribution < 1.29 is 5.11 Å². The van der Waals surface area contributed by atoms with E-state index in [9.17, 15) is 5.11 Å². The molecule has 1 aliphatic heterocycles. The number of hydrogen-bond donors (Lipinski definition) is 1. The van der Waals surface area contributed by atoms with Crippen LogP contribution in [0.25, 0.3) is 0 Å². The molecule has 1 aliphatic rings. The summed E-state index contributed by atoms with van der Waals surface area (Å²) < 4.78 is 0. The number of nitrogens with zero attached hydrogens (tertiary/aromatic N) is 1. The first-order chi connectivity index (χ1) is 5.25. The normalized spacial score (nSPS) is 33.0. The van der Waals surface area contributed by atoms with E-state index in [1.807, 2.05) is 0 Å². The zero-order valence-corrected chi connectivity index (χ0v) is 7.58. The van der Waals surface area contributed by atoms with E-state index in [1.165, 1.54) is 12.8 Å². The molecule has 1 fully saturated rings. The summed E-state index contributed by atoms with van der Waals surface area (Å²) in [7, 11) is 0. The Balaban J connectivity index is 2.24. The predicted molar refractivity (Wildman–Crippen MR) is 46.6 cm³/mol. The Morgan fingerprint density at radius 1 is 1.55 bits per heavy atom. The molecule has 0 radical (unpaired) electrons. The summed E-state index contributed by atoms with van der Waals surface area (Å²) in [5.41, 5.74) is 0. The molecule has 0 unspecified atom stereocenters. The Labute approximate surface area is 69.2 Å². The fraction of sp³-hybridized carbons (Fsp3) is 1.00. The van der Waals surface area contributed by atoms with Crippen LogP contribution >= 0.6 is 0 Å². The summed E-state index contributed by atoms with van der Waals surface area (Å²) in [6.07, 6.45) is 3.40. The average Bonchev–Trinajstić information content (AvgIpc) is 2.31. The molecule has 0 aromatic heterocycles. The molecule has 0 spiro atoms. The Kier molecular flexibility index (Phi) is 3.34. The lowest BCUT2D eigenvalue weighted by Crippen LogP contribution is -2.32. The van der Waals surface area contributed by atoms with Gasteiger partial charge in [0.1, 0.15) is 0 Å². The van der Waals surface area contributed by atoms with Crippen LogP contribution in [0, 0.1) is 0 Å². The van der Waals surface area contributed by atoms with E-state index >= 15 is 0 Å². The average molecular weight is 157 g/mol. The topological polar surface area (TPSA) is 23.5 Å². The van der Waals surface area contributed by atoms with Crippen molar-refractivity contribution >= 4 is 0 Å². The van der Waals surface area contributed by atoms with Gasteiger partial charge in [-0.2, -0.15) is 0 Å². The maximum absolute atomic E-state index is 9.43. The summed E-state index contributed by atoms with van der Waals surface area (Å²) in [5.74, 6) is 0. The third-order valence-corrected chi connectivity index (χ3v) is 2.64. The van der Waals surface area contributed by atoms with Gasteiger partial charge in [-0.15, -0.1) is 0 Å². The van der Waals surface area contributed by atoms with E-state index in [4.69, 9.17) is 0 Å². The van der Waals surface area contributed by atoms with Crippen LogP contribution in [0.1, 0.15) is 33.1 Å². The lowest BCUT2D eigenvalue weighted by molar-refractivity contribution is 0.125. The second kappa shape index (κ2) is 4.07. The highest BCUT2D eigenvalue weighted by atomic mass is 16.3. The van der Waals surface area contributed by atoms with E-state index in [-0.39, 0.29) is 6.10 Å². The lowest BCUT2D eigenvalue weighted by atomic mass is 10.2. The minimum absolute atomic E-state index is 0.0770. The molecule has 2 nitrogen and oxygen atoms in total. The Morgan fingerprint density at radius 3 is 2.73 bits per heavy atom. The molecule has 1 N–H and O–H groups in total. The summed E-state index contributed by atoms with van der Waals surface area (Å²) >= 11 is 0. The van der Waals surface area contributed by atoms with Gasteiger partial charge in [0.2, 0.25) is 0 Å². The molecule has 0 saturated carbocycles. The molecule has 0 amide bonds. The molecular weight excluding hydrogens is 138 g/mol. The van der Waals surface area contributed by atoms with Crippen molar-refractivity contribution in [1.82, 2.24) is 4.90 Å². The minimum atomic E-state index is -0.0770. The van der Waals surface area contributed by atoms with Gasteiger partial charge in [0.25, 0.3) is 0 Å². The number of aliphatic hydroxyl groups is 1. The fourth-order valence-electron chi connectivity index (χ4n) is 1.66. The molecule has 1 rings (SSSR count). The van der Waals surface area contributed by atoms with Crippen molar-refractivity contribution in [2.75, 3.05) is 13.1 Å². The number of rotatable bonds is 3. The van der Waals surface area contributed by atoms with Crippen LogP contribution in [0.3, 0.4) is 0 Å². The maximum atomic E-state index is 9.43.